The molecule has 1 aliphatic carbocycles. The molecule has 1 fully saturated rings. The topological polar surface area (TPSA) is 29.5 Å². The largest absolute Gasteiger partial charge is 0.445 e. The SMILES string of the molecule is C#CCN(CC1CC1)C(=O)OCc1ccccc1. The molecule has 0 radical (unpaired) electrons. The third-order valence-corrected chi connectivity index (χ3v) is 2.92. The Kier molecular flexibility index (Phi) is 4.25. The number of ether oxygens (including phenoxy) is 1. The molecule has 3 nitrogen and oxygen atoms in total. The van der Waals surface area contributed by atoms with Crippen LogP contribution in [-0.2, 0) is 11.3 Å². The lowest BCUT2D eigenvalue weighted by Crippen LogP contribution is -2.33. The normalized spacial score (nSPS) is 13.7. The second-order valence-electron chi connectivity index (χ2n) is 4.57. The van der Waals surface area contributed by atoms with E-state index < -0.39 is 0 Å². The van der Waals surface area contributed by atoms with E-state index in [2.05, 4.69) is 5.92 Å². The Balaban J connectivity index is 1.82. The van der Waals surface area contributed by atoms with Gasteiger partial charge in [0.2, 0.25) is 0 Å². The molecular weight excluding hydrogens is 226 g/mol. The quantitative estimate of drug-likeness (QED) is 0.744. The molecule has 0 atom stereocenters. The van der Waals surface area contributed by atoms with Gasteiger partial charge in [0.25, 0.3) is 0 Å². The summed E-state index contributed by atoms with van der Waals surface area (Å²) in [5.41, 5.74) is 0.984. The Labute approximate surface area is 108 Å². The number of benzene rings is 1. The summed E-state index contributed by atoms with van der Waals surface area (Å²) in [5.74, 6) is 3.12. The third-order valence-electron chi connectivity index (χ3n) is 2.92. The van der Waals surface area contributed by atoms with Crippen LogP contribution in [0.3, 0.4) is 0 Å². The van der Waals surface area contributed by atoms with E-state index in [0.717, 1.165) is 12.1 Å². The van der Waals surface area contributed by atoms with Gasteiger partial charge in [0.1, 0.15) is 6.61 Å². The molecule has 0 aromatic heterocycles. The summed E-state index contributed by atoms with van der Waals surface area (Å²) in [7, 11) is 0. The number of nitrogens with zero attached hydrogens (tertiary/aromatic N) is 1. The fraction of sp³-hybridized carbons (Fsp3) is 0.400. The number of terminal acetylenes is 1. The summed E-state index contributed by atoms with van der Waals surface area (Å²) in [6.45, 7) is 1.34. The molecule has 0 unspecified atom stereocenters. The van der Waals surface area contributed by atoms with Crippen LogP contribution in [0.15, 0.2) is 30.3 Å². The van der Waals surface area contributed by atoms with Crippen molar-refractivity contribution in [1.82, 2.24) is 4.90 Å². The second kappa shape index (κ2) is 6.11. The van der Waals surface area contributed by atoms with E-state index in [9.17, 15) is 4.79 Å². The molecule has 2 rings (SSSR count). The smallest absolute Gasteiger partial charge is 0.410 e. The molecule has 1 amide bonds. The standard InChI is InChI=1S/C15H17NO2/c1-2-10-16(11-13-8-9-13)15(17)18-12-14-6-4-3-5-7-14/h1,3-7,13H,8-12H2. The minimum absolute atomic E-state index is 0.297. The fourth-order valence-corrected chi connectivity index (χ4v) is 1.74. The van der Waals surface area contributed by atoms with Crippen molar-refractivity contribution in [3.8, 4) is 12.3 Å². The zero-order valence-corrected chi connectivity index (χ0v) is 10.3. The van der Waals surface area contributed by atoms with E-state index in [0.29, 0.717) is 19.1 Å². The highest BCUT2D eigenvalue weighted by Gasteiger charge is 2.27. The first-order valence-electron chi connectivity index (χ1n) is 6.18. The van der Waals surface area contributed by atoms with E-state index in [4.69, 9.17) is 11.2 Å². The Morgan fingerprint density at radius 1 is 1.39 bits per heavy atom. The Hall–Kier alpha value is -1.95. The third kappa shape index (κ3) is 3.81. The van der Waals surface area contributed by atoms with Gasteiger partial charge in [-0.05, 0) is 24.3 Å². The lowest BCUT2D eigenvalue weighted by atomic mass is 10.2. The van der Waals surface area contributed by atoms with Crippen molar-refractivity contribution in [2.45, 2.75) is 19.4 Å². The lowest BCUT2D eigenvalue weighted by Gasteiger charge is -2.19. The van der Waals surface area contributed by atoms with Crippen molar-refractivity contribution < 1.29 is 9.53 Å². The van der Waals surface area contributed by atoms with Crippen LogP contribution >= 0.6 is 0 Å². The van der Waals surface area contributed by atoms with E-state index in [1.807, 2.05) is 30.3 Å². The highest BCUT2D eigenvalue weighted by Crippen LogP contribution is 2.29. The van der Waals surface area contributed by atoms with Crippen molar-refractivity contribution in [2.24, 2.45) is 5.92 Å². The Morgan fingerprint density at radius 2 is 2.11 bits per heavy atom. The van der Waals surface area contributed by atoms with Gasteiger partial charge < -0.3 is 4.74 Å². The molecule has 0 aliphatic heterocycles. The summed E-state index contributed by atoms with van der Waals surface area (Å²) in [5, 5.41) is 0. The molecule has 1 aliphatic rings. The first kappa shape index (κ1) is 12.5. The molecule has 0 heterocycles. The van der Waals surface area contributed by atoms with Crippen molar-refractivity contribution >= 4 is 6.09 Å². The lowest BCUT2D eigenvalue weighted by molar-refractivity contribution is 0.0992. The summed E-state index contributed by atoms with van der Waals surface area (Å²) in [4.78, 5) is 13.5. The van der Waals surface area contributed by atoms with Crippen LogP contribution in [-0.4, -0.2) is 24.1 Å². The van der Waals surface area contributed by atoms with Crippen LogP contribution in [0.4, 0.5) is 4.79 Å². The number of hydrogen-bond donors (Lipinski definition) is 0. The second-order valence-corrected chi connectivity index (χ2v) is 4.57. The molecule has 3 heteroatoms. The molecule has 18 heavy (non-hydrogen) atoms. The van der Waals surface area contributed by atoms with E-state index in [1.165, 1.54) is 12.8 Å². The van der Waals surface area contributed by atoms with Crippen molar-refractivity contribution in [2.75, 3.05) is 13.1 Å². The molecule has 0 saturated heterocycles. The zero-order valence-electron chi connectivity index (χ0n) is 10.3. The van der Waals surface area contributed by atoms with E-state index in [1.54, 1.807) is 4.90 Å². The maximum Gasteiger partial charge on any atom is 0.410 e. The monoisotopic (exact) mass is 243 g/mol. The highest BCUT2D eigenvalue weighted by atomic mass is 16.6. The minimum Gasteiger partial charge on any atom is -0.445 e. The summed E-state index contributed by atoms with van der Waals surface area (Å²) >= 11 is 0. The number of amides is 1. The maximum atomic E-state index is 11.9. The van der Waals surface area contributed by atoms with Crippen LogP contribution in [0.2, 0.25) is 0 Å². The molecule has 1 aromatic rings. The molecule has 1 aromatic carbocycles. The van der Waals surface area contributed by atoms with E-state index >= 15 is 0 Å². The molecule has 94 valence electrons. The van der Waals surface area contributed by atoms with Gasteiger partial charge in [0.05, 0.1) is 6.54 Å². The number of carbonyl (C=O) groups is 1. The zero-order chi connectivity index (χ0) is 12.8. The number of hydrogen-bond acceptors (Lipinski definition) is 2. The Morgan fingerprint density at radius 3 is 2.72 bits per heavy atom. The molecule has 0 N–H and O–H groups in total. The van der Waals surface area contributed by atoms with Crippen LogP contribution in [0.5, 0.6) is 0 Å². The van der Waals surface area contributed by atoms with Gasteiger partial charge in [-0.15, -0.1) is 6.42 Å². The van der Waals surface area contributed by atoms with Crippen molar-refractivity contribution in [3.63, 3.8) is 0 Å². The van der Waals surface area contributed by atoms with Crippen LogP contribution < -0.4 is 0 Å². The van der Waals surface area contributed by atoms with Crippen LogP contribution in [0.1, 0.15) is 18.4 Å². The number of carbonyl (C=O) groups excluding carboxylic acids is 1. The molecule has 1 saturated carbocycles. The van der Waals surface area contributed by atoms with Gasteiger partial charge in [-0.3, -0.25) is 4.90 Å². The van der Waals surface area contributed by atoms with Gasteiger partial charge in [0.15, 0.2) is 0 Å². The predicted molar refractivity (Wildman–Crippen MR) is 69.8 cm³/mol. The summed E-state index contributed by atoms with van der Waals surface area (Å²) in [6, 6.07) is 9.64. The van der Waals surface area contributed by atoms with Gasteiger partial charge in [-0.25, -0.2) is 4.79 Å². The van der Waals surface area contributed by atoms with Crippen molar-refractivity contribution in [1.29, 1.82) is 0 Å². The molecule has 0 spiro atoms. The molecule has 0 bridgehead atoms. The van der Waals surface area contributed by atoms with Gasteiger partial charge in [-0.1, -0.05) is 36.3 Å². The first-order valence-corrected chi connectivity index (χ1v) is 6.18. The number of rotatable bonds is 5. The summed E-state index contributed by atoms with van der Waals surface area (Å²) in [6.07, 6.45) is 7.33. The van der Waals surface area contributed by atoms with Crippen LogP contribution in [0, 0.1) is 18.3 Å². The minimum atomic E-state index is -0.316. The maximum absolute atomic E-state index is 11.9. The van der Waals surface area contributed by atoms with Gasteiger partial charge in [-0.2, -0.15) is 0 Å². The van der Waals surface area contributed by atoms with Crippen LogP contribution in [0.25, 0.3) is 0 Å². The van der Waals surface area contributed by atoms with Gasteiger partial charge in [0, 0.05) is 6.54 Å². The van der Waals surface area contributed by atoms with Gasteiger partial charge >= 0.3 is 6.09 Å². The fourth-order valence-electron chi connectivity index (χ4n) is 1.74. The summed E-state index contributed by atoms with van der Waals surface area (Å²) < 4.78 is 5.26. The average Bonchev–Trinajstić information content (AvgIpc) is 3.21. The highest BCUT2D eigenvalue weighted by molar-refractivity contribution is 5.68. The van der Waals surface area contributed by atoms with Crippen molar-refractivity contribution in [3.05, 3.63) is 35.9 Å². The predicted octanol–water partition coefficient (Wildman–Crippen LogP) is 2.67. The Bertz CT molecular complexity index is 432. The first-order chi connectivity index (χ1) is 8.79. The average molecular weight is 243 g/mol. The molecular formula is C15H17NO2. The van der Waals surface area contributed by atoms with E-state index in [-0.39, 0.29) is 6.09 Å².